The van der Waals surface area contributed by atoms with E-state index in [1.165, 1.54) is 0 Å². The van der Waals surface area contributed by atoms with Crippen molar-refractivity contribution in [2.75, 3.05) is 20.2 Å². The maximum Gasteiger partial charge on any atom is 0.138 e. The molecule has 0 atom stereocenters. The third-order valence-electron chi connectivity index (χ3n) is 4.36. The van der Waals surface area contributed by atoms with Gasteiger partial charge in [0.1, 0.15) is 17.1 Å². The lowest BCUT2D eigenvalue weighted by Crippen LogP contribution is -2.22. The molecule has 0 saturated heterocycles. The molecule has 126 valence electrons. The summed E-state index contributed by atoms with van der Waals surface area (Å²) < 4.78 is 11.5. The van der Waals surface area contributed by atoms with Gasteiger partial charge in [0.15, 0.2) is 0 Å². The average Bonchev–Trinajstić information content (AvgIpc) is 2.97. The minimum atomic E-state index is 0.735. The van der Waals surface area contributed by atoms with Crippen molar-refractivity contribution in [1.82, 2.24) is 4.90 Å². The van der Waals surface area contributed by atoms with Crippen molar-refractivity contribution in [3.8, 4) is 16.9 Å². The summed E-state index contributed by atoms with van der Waals surface area (Å²) in [6.45, 7) is 7.07. The molecule has 0 aliphatic rings. The van der Waals surface area contributed by atoms with Gasteiger partial charge in [-0.25, -0.2) is 0 Å². The van der Waals surface area contributed by atoms with Gasteiger partial charge in [0.05, 0.1) is 13.7 Å². The van der Waals surface area contributed by atoms with Gasteiger partial charge in [0, 0.05) is 22.0 Å². The molecule has 4 heteroatoms. The largest absolute Gasteiger partial charge is 0.497 e. The highest BCUT2D eigenvalue weighted by Gasteiger charge is 2.18. The molecule has 3 aromatic rings. The van der Waals surface area contributed by atoms with Crippen LogP contribution in [0, 0.1) is 0 Å². The number of hydrogen-bond acceptors (Lipinski definition) is 3. The lowest BCUT2D eigenvalue weighted by atomic mass is 10.0. The standard InChI is InChI=1S/C20H22ClNO2/c1-4-22(5-2)13-19-20(14-6-8-15(21)9-7-14)17-11-10-16(23-3)12-18(17)24-19/h6-12H,4-5,13H2,1-3H3. The molecule has 3 nitrogen and oxygen atoms in total. The molecule has 1 aromatic heterocycles. The summed E-state index contributed by atoms with van der Waals surface area (Å²) >= 11 is 6.05. The molecular formula is C20H22ClNO2. The van der Waals surface area contributed by atoms with Crippen molar-refractivity contribution >= 4 is 22.6 Å². The van der Waals surface area contributed by atoms with Crippen LogP contribution in [0.2, 0.25) is 5.02 Å². The summed E-state index contributed by atoms with van der Waals surface area (Å²) in [4.78, 5) is 2.34. The van der Waals surface area contributed by atoms with Crippen LogP contribution in [0.1, 0.15) is 19.6 Å². The first kappa shape index (κ1) is 16.9. The summed E-state index contributed by atoms with van der Waals surface area (Å²) in [5.41, 5.74) is 3.10. The van der Waals surface area contributed by atoms with E-state index in [2.05, 4.69) is 24.8 Å². The number of methoxy groups -OCH3 is 1. The average molecular weight is 344 g/mol. The highest BCUT2D eigenvalue weighted by atomic mass is 35.5. The topological polar surface area (TPSA) is 25.6 Å². The predicted octanol–water partition coefficient (Wildman–Crippen LogP) is 5.60. The molecular weight excluding hydrogens is 322 g/mol. The van der Waals surface area contributed by atoms with Crippen molar-refractivity contribution in [3.63, 3.8) is 0 Å². The molecule has 2 aromatic carbocycles. The Morgan fingerprint density at radius 3 is 2.38 bits per heavy atom. The predicted molar refractivity (Wildman–Crippen MR) is 99.8 cm³/mol. The maximum atomic E-state index is 6.21. The van der Waals surface area contributed by atoms with Gasteiger partial charge >= 0.3 is 0 Å². The van der Waals surface area contributed by atoms with Gasteiger partial charge in [-0.2, -0.15) is 0 Å². The van der Waals surface area contributed by atoms with Crippen LogP contribution in [0.5, 0.6) is 5.75 Å². The normalized spacial score (nSPS) is 11.4. The monoisotopic (exact) mass is 343 g/mol. The van der Waals surface area contributed by atoms with E-state index in [0.29, 0.717) is 0 Å². The van der Waals surface area contributed by atoms with Crippen LogP contribution in [0.25, 0.3) is 22.1 Å². The molecule has 1 heterocycles. The highest BCUT2D eigenvalue weighted by Crippen LogP contribution is 2.37. The van der Waals surface area contributed by atoms with E-state index in [1.807, 2.05) is 36.4 Å². The number of hydrogen-bond donors (Lipinski definition) is 0. The van der Waals surface area contributed by atoms with Gasteiger partial charge in [-0.3, -0.25) is 4.90 Å². The van der Waals surface area contributed by atoms with Gasteiger partial charge in [-0.05, 0) is 42.9 Å². The Hall–Kier alpha value is -1.97. The summed E-state index contributed by atoms with van der Waals surface area (Å²) in [6, 6.07) is 13.9. The van der Waals surface area contributed by atoms with Crippen molar-refractivity contribution in [2.45, 2.75) is 20.4 Å². The molecule has 0 aliphatic carbocycles. The second kappa shape index (κ2) is 7.29. The maximum absolute atomic E-state index is 6.21. The van der Waals surface area contributed by atoms with Gasteiger partial charge in [0.2, 0.25) is 0 Å². The summed E-state index contributed by atoms with van der Waals surface area (Å²) in [7, 11) is 1.67. The quantitative estimate of drug-likeness (QED) is 0.582. The molecule has 0 N–H and O–H groups in total. The Balaban J connectivity index is 2.16. The molecule has 24 heavy (non-hydrogen) atoms. The fourth-order valence-electron chi connectivity index (χ4n) is 2.95. The Morgan fingerprint density at radius 1 is 1.04 bits per heavy atom. The highest BCUT2D eigenvalue weighted by molar-refractivity contribution is 6.30. The fraction of sp³-hybridized carbons (Fsp3) is 0.300. The molecule has 0 radical (unpaired) electrons. The third-order valence-corrected chi connectivity index (χ3v) is 4.62. The first-order chi connectivity index (χ1) is 11.7. The van der Waals surface area contributed by atoms with Crippen LogP contribution in [-0.2, 0) is 6.54 Å². The second-order valence-electron chi connectivity index (χ2n) is 5.73. The molecule has 0 fully saturated rings. The molecule has 0 bridgehead atoms. The van der Waals surface area contributed by atoms with Crippen molar-refractivity contribution in [2.24, 2.45) is 0 Å². The molecule has 3 rings (SSSR count). The summed E-state index contributed by atoms with van der Waals surface area (Å²) in [5, 5.41) is 1.83. The lowest BCUT2D eigenvalue weighted by Gasteiger charge is -2.17. The number of benzene rings is 2. The van der Waals surface area contributed by atoms with E-state index in [0.717, 1.165) is 58.3 Å². The fourth-order valence-corrected chi connectivity index (χ4v) is 3.08. The zero-order valence-corrected chi connectivity index (χ0v) is 15.1. The van der Waals surface area contributed by atoms with E-state index >= 15 is 0 Å². The Labute approximate surface area is 147 Å². The number of nitrogens with zero attached hydrogens (tertiary/aromatic N) is 1. The first-order valence-corrected chi connectivity index (χ1v) is 8.61. The third kappa shape index (κ3) is 3.28. The molecule has 0 aliphatic heterocycles. The van der Waals surface area contributed by atoms with E-state index < -0.39 is 0 Å². The van der Waals surface area contributed by atoms with Gasteiger partial charge in [0.25, 0.3) is 0 Å². The van der Waals surface area contributed by atoms with Gasteiger partial charge in [-0.1, -0.05) is 37.6 Å². The molecule has 0 spiro atoms. The number of halogens is 1. The number of ether oxygens (including phenoxy) is 1. The van der Waals surface area contributed by atoms with Crippen LogP contribution >= 0.6 is 11.6 Å². The van der Waals surface area contributed by atoms with Crippen LogP contribution in [0.3, 0.4) is 0 Å². The molecule has 0 amide bonds. The van der Waals surface area contributed by atoms with E-state index in [-0.39, 0.29) is 0 Å². The molecule has 0 unspecified atom stereocenters. The zero-order chi connectivity index (χ0) is 17.1. The zero-order valence-electron chi connectivity index (χ0n) is 14.3. The lowest BCUT2D eigenvalue weighted by molar-refractivity contribution is 0.272. The Kier molecular flexibility index (Phi) is 5.12. The van der Waals surface area contributed by atoms with Crippen molar-refractivity contribution in [3.05, 3.63) is 53.2 Å². The smallest absolute Gasteiger partial charge is 0.138 e. The SMILES string of the molecule is CCN(CC)Cc1oc2cc(OC)ccc2c1-c1ccc(Cl)cc1. The number of rotatable bonds is 6. The number of fused-ring (bicyclic) bond motifs is 1. The minimum absolute atomic E-state index is 0.735. The van der Waals surface area contributed by atoms with Crippen molar-refractivity contribution < 1.29 is 9.15 Å². The minimum Gasteiger partial charge on any atom is -0.497 e. The Bertz CT molecular complexity index is 820. The second-order valence-corrected chi connectivity index (χ2v) is 6.17. The van der Waals surface area contributed by atoms with E-state index in [9.17, 15) is 0 Å². The van der Waals surface area contributed by atoms with E-state index in [1.54, 1.807) is 7.11 Å². The van der Waals surface area contributed by atoms with Crippen LogP contribution in [0.15, 0.2) is 46.9 Å². The number of furan rings is 1. The van der Waals surface area contributed by atoms with Crippen LogP contribution < -0.4 is 4.74 Å². The Morgan fingerprint density at radius 2 is 1.75 bits per heavy atom. The summed E-state index contributed by atoms with van der Waals surface area (Å²) in [5.74, 6) is 1.78. The summed E-state index contributed by atoms with van der Waals surface area (Å²) in [6.07, 6.45) is 0. The van der Waals surface area contributed by atoms with Gasteiger partial charge in [-0.15, -0.1) is 0 Å². The first-order valence-electron chi connectivity index (χ1n) is 8.24. The van der Waals surface area contributed by atoms with E-state index in [4.69, 9.17) is 20.8 Å². The van der Waals surface area contributed by atoms with Crippen LogP contribution in [0.4, 0.5) is 0 Å². The van der Waals surface area contributed by atoms with Crippen molar-refractivity contribution in [1.29, 1.82) is 0 Å². The molecule has 0 saturated carbocycles. The van der Waals surface area contributed by atoms with Gasteiger partial charge < -0.3 is 9.15 Å². The van der Waals surface area contributed by atoms with Crippen LogP contribution in [-0.4, -0.2) is 25.1 Å².